The van der Waals surface area contributed by atoms with E-state index in [9.17, 15) is 9.90 Å². The highest BCUT2D eigenvalue weighted by atomic mass is 16.5. The molecule has 0 saturated heterocycles. The lowest BCUT2D eigenvalue weighted by molar-refractivity contribution is -0.000923. The third kappa shape index (κ3) is 2.39. The maximum Gasteiger partial charge on any atom is 0.260 e. The van der Waals surface area contributed by atoms with Crippen LogP contribution in [0.4, 0.5) is 0 Å². The summed E-state index contributed by atoms with van der Waals surface area (Å²) in [6, 6.07) is 14.2. The monoisotopic (exact) mass is 334 g/mol. The Labute approximate surface area is 145 Å². The number of para-hydroxylation sites is 1. The molecule has 2 heterocycles. The van der Waals surface area contributed by atoms with Gasteiger partial charge >= 0.3 is 0 Å². The van der Waals surface area contributed by atoms with E-state index in [0.29, 0.717) is 0 Å². The minimum absolute atomic E-state index is 0.0297. The van der Waals surface area contributed by atoms with Gasteiger partial charge in [-0.1, -0.05) is 30.3 Å². The van der Waals surface area contributed by atoms with Gasteiger partial charge in [-0.25, -0.2) is 0 Å². The van der Waals surface area contributed by atoms with E-state index in [0.717, 1.165) is 22.2 Å². The van der Waals surface area contributed by atoms with Gasteiger partial charge < -0.3 is 9.84 Å². The number of carbonyl (C=O) groups is 1. The molecule has 0 bridgehead atoms. The van der Waals surface area contributed by atoms with Gasteiger partial charge in [-0.2, -0.15) is 0 Å². The first kappa shape index (κ1) is 15.4. The molecule has 25 heavy (non-hydrogen) atoms. The number of aromatic nitrogens is 1. The molecule has 0 saturated carbocycles. The molecule has 1 amide bonds. The van der Waals surface area contributed by atoms with E-state index >= 15 is 0 Å². The Morgan fingerprint density at radius 2 is 1.92 bits per heavy atom. The normalized spacial score (nSPS) is 19.4. The van der Waals surface area contributed by atoms with E-state index in [1.54, 1.807) is 29.3 Å². The van der Waals surface area contributed by atoms with Crippen LogP contribution in [0.1, 0.15) is 35.8 Å². The number of rotatable bonds is 1. The fourth-order valence-corrected chi connectivity index (χ4v) is 3.41. The van der Waals surface area contributed by atoms with Crippen LogP contribution in [0.2, 0.25) is 0 Å². The Morgan fingerprint density at radius 3 is 2.72 bits per heavy atom. The number of hydrogen-bond acceptors (Lipinski definition) is 4. The maximum atomic E-state index is 13.0. The zero-order chi connectivity index (χ0) is 17.6. The third-order valence-electron chi connectivity index (χ3n) is 4.68. The Morgan fingerprint density at radius 1 is 1.12 bits per heavy atom. The molecule has 2 atom stereocenters. The van der Waals surface area contributed by atoms with Crippen molar-refractivity contribution in [1.82, 2.24) is 9.88 Å². The van der Waals surface area contributed by atoms with E-state index in [4.69, 9.17) is 4.74 Å². The van der Waals surface area contributed by atoms with Gasteiger partial charge in [0.1, 0.15) is 11.3 Å². The number of phenolic OH excluding ortho intramolecular Hbond substituents is 1. The van der Waals surface area contributed by atoms with Gasteiger partial charge in [-0.15, -0.1) is 0 Å². The topological polar surface area (TPSA) is 62.7 Å². The summed E-state index contributed by atoms with van der Waals surface area (Å²) in [5.74, 6) is 0.433. The molecule has 5 heteroatoms. The molecular formula is C20H18N2O3. The van der Waals surface area contributed by atoms with Crippen molar-refractivity contribution in [3.8, 4) is 11.5 Å². The van der Waals surface area contributed by atoms with E-state index in [1.165, 1.54) is 6.07 Å². The van der Waals surface area contributed by atoms with Crippen LogP contribution in [0.25, 0.3) is 10.9 Å². The predicted molar refractivity (Wildman–Crippen MR) is 94.5 cm³/mol. The molecule has 0 fully saturated rings. The molecule has 5 nitrogen and oxygen atoms in total. The maximum absolute atomic E-state index is 13.0. The van der Waals surface area contributed by atoms with E-state index in [2.05, 4.69) is 4.98 Å². The molecule has 0 unspecified atom stereocenters. The molecule has 0 aliphatic carbocycles. The van der Waals surface area contributed by atoms with Crippen LogP contribution in [-0.2, 0) is 0 Å². The van der Waals surface area contributed by atoms with Crippen LogP contribution < -0.4 is 4.74 Å². The smallest absolute Gasteiger partial charge is 0.260 e. The summed E-state index contributed by atoms with van der Waals surface area (Å²) in [6.07, 6.45) is 1.27. The average Bonchev–Trinajstić information content (AvgIpc) is 2.62. The summed E-state index contributed by atoms with van der Waals surface area (Å²) >= 11 is 0. The van der Waals surface area contributed by atoms with Crippen molar-refractivity contribution in [2.75, 3.05) is 0 Å². The molecule has 0 radical (unpaired) electrons. The largest absolute Gasteiger partial charge is 0.507 e. The SMILES string of the molecule is C[C@H]1Oc2c(ccc3cccnc23)[C@H](C)N1C(=O)c1ccccc1O. The first-order valence-corrected chi connectivity index (χ1v) is 8.23. The lowest BCUT2D eigenvalue weighted by Gasteiger charge is -2.40. The lowest BCUT2D eigenvalue weighted by atomic mass is 9.99. The second kappa shape index (κ2) is 5.77. The first-order chi connectivity index (χ1) is 12.1. The lowest BCUT2D eigenvalue weighted by Crippen LogP contribution is -2.46. The quantitative estimate of drug-likeness (QED) is 0.733. The molecule has 2 aromatic carbocycles. The summed E-state index contributed by atoms with van der Waals surface area (Å²) in [5.41, 5.74) is 1.98. The minimum atomic E-state index is -0.470. The Bertz CT molecular complexity index is 970. The molecule has 126 valence electrons. The van der Waals surface area contributed by atoms with Crippen molar-refractivity contribution < 1.29 is 14.6 Å². The number of pyridine rings is 1. The highest BCUT2D eigenvalue weighted by molar-refractivity contribution is 5.97. The summed E-state index contributed by atoms with van der Waals surface area (Å²) in [5, 5.41) is 11.0. The minimum Gasteiger partial charge on any atom is -0.507 e. The Kier molecular flexibility index (Phi) is 3.57. The van der Waals surface area contributed by atoms with Crippen molar-refractivity contribution in [2.24, 2.45) is 0 Å². The van der Waals surface area contributed by atoms with Gasteiger partial charge in [0.25, 0.3) is 5.91 Å². The van der Waals surface area contributed by atoms with Crippen molar-refractivity contribution in [1.29, 1.82) is 0 Å². The van der Waals surface area contributed by atoms with Crippen LogP contribution in [0.3, 0.4) is 0 Å². The summed E-state index contributed by atoms with van der Waals surface area (Å²) in [6.45, 7) is 3.80. The first-order valence-electron chi connectivity index (χ1n) is 8.23. The molecule has 4 rings (SSSR count). The van der Waals surface area contributed by atoms with Crippen LogP contribution in [0.5, 0.6) is 11.5 Å². The number of fused-ring (bicyclic) bond motifs is 3. The summed E-state index contributed by atoms with van der Waals surface area (Å²) < 4.78 is 6.07. The van der Waals surface area contributed by atoms with E-state index < -0.39 is 6.23 Å². The van der Waals surface area contributed by atoms with Crippen LogP contribution >= 0.6 is 0 Å². The van der Waals surface area contributed by atoms with Crippen molar-refractivity contribution in [2.45, 2.75) is 26.1 Å². The number of phenols is 1. The number of ether oxygens (including phenoxy) is 1. The third-order valence-corrected chi connectivity index (χ3v) is 4.68. The van der Waals surface area contributed by atoms with E-state index in [-0.39, 0.29) is 23.3 Å². The number of hydrogen-bond donors (Lipinski definition) is 1. The fraction of sp³-hybridized carbons (Fsp3) is 0.200. The predicted octanol–water partition coefficient (Wildman–Crippen LogP) is 3.88. The molecule has 1 aliphatic heterocycles. The number of amides is 1. The molecule has 1 aliphatic rings. The number of carbonyl (C=O) groups excluding carboxylic acids is 1. The molecule has 3 aromatic rings. The van der Waals surface area contributed by atoms with Crippen molar-refractivity contribution in [3.63, 3.8) is 0 Å². The second-order valence-electron chi connectivity index (χ2n) is 6.18. The standard InChI is InChI=1S/C20H18N2O3/c1-12-15-10-9-14-6-5-11-21-18(14)19(15)25-13(2)22(12)20(24)16-7-3-4-8-17(16)23/h3-13,23H,1-2H3/t12-,13+/m0/s1. The highest BCUT2D eigenvalue weighted by Gasteiger charge is 2.36. The van der Waals surface area contributed by atoms with Gasteiger partial charge in [0.2, 0.25) is 0 Å². The van der Waals surface area contributed by atoms with Crippen LogP contribution in [-0.4, -0.2) is 27.1 Å². The van der Waals surface area contributed by atoms with Gasteiger partial charge in [0.15, 0.2) is 12.0 Å². The van der Waals surface area contributed by atoms with Gasteiger partial charge in [0, 0.05) is 17.1 Å². The van der Waals surface area contributed by atoms with Gasteiger partial charge in [-0.3, -0.25) is 14.7 Å². The fourth-order valence-electron chi connectivity index (χ4n) is 3.41. The Hall–Kier alpha value is -3.08. The molecule has 0 spiro atoms. The number of aromatic hydroxyl groups is 1. The number of benzene rings is 2. The van der Waals surface area contributed by atoms with E-state index in [1.807, 2.05) is 38.1 Å². The summed E-state index contributed by atoms with van der Waals surface area (Å²) in [7, 11) is 0. The van der Waals surface area contributed by atoms with Gasteiger partial charge in [-0.05, 0) is 32.0 Å². The zero-order valence-electron chi connectivity index (χ0n) is 14.0. The molecule has 1 aromatic heterocycles. The van der Waals surface area contributed by atoms with Crippen LogP contribution in [0.15, 0.2) is 54.7 Å². The second-order valence-corrected chi connectivity index (χ2v) is 6.18. The van der Waals surface area contributed by atoms with Gasteiger partial charge in [0.05, 0.1) is 11.6 Å². The summed E-state index contributed by atoms with van der Waals surface area (Å²) in [4.78, 5) is 19.1. The van der Waals surface area contributed by atoms with Crippen molar-refractivity contribution in [3.05, 3.63) is 65.9 Å². The van der Waals surface area contributed by atoms with Crippen LogP contribution in [0, 0.1) is 0 Å². The zero-order valence-corrected chi connectivity index (χ0v) is 14.0. The average molecular weight is 334 g/mol. The molecular weight excluding hydrogens is 316 g/mol. The Balaban J connectivity index is 1.80. The highest BCUT2D eigenvalue weighted by Crippen LogP contribution is 2.41. The number of nitrogens with zero attached hydrogens (tertiary/aromatic N) is 2. The molecule has 1 N–H and O–H groups in total. The van der Waals surface area contributed by atoms with Crippen molar-refractivity contribution >= 4 is 16.8 Å².